The average Bonchev–Trinajstić information content (AvgIpc) is 2.11. The van der Waals surface area contributed by atoms with Gasteiger partial charge in [-0.05, 0) is 50.1 Å². The molecule has 0 radical (unpaired) electrons. The molecule has 1 rings (SSSR count). The monoisotopic (exact) mass is 257 g/mol. The fourth-order valence-corrected chi connectivity index (χ4v) is 2.11. The summed E-state index contributed by atoms with van der Waals surface area (Å²) in [6.45, 7) is 5.39. The van der Waals surface area contributed by atoms with Gasteiger partial charge in [0, 0.05) is 4.47 Å². The van der Waals surface area contributed by atoms with Crippen LogP contribution in [0.15, 0.2) is 16.6 Å². The first kappa shape index (κ1) is 11.5. The molecule has 0 aliphatic heterocycles. The highest BCUT2D eigenvalue weighted by Crippen LogP contribution is 2.28. The van der Waals surface area contributed by atoms with Crippen molar-refractivity contribution in [2.75, 3.05) is 13.2 Å². The molecule has 0 heterocycles. The van der Waals surface area contributed by atoms with Crippen molar-refractivity contribution in [2.45, 2.75) is 20.3 Å². The number of nitrogens with two attached hydrogens (primary N) is 1. The smallest absolute Gasteiger partial charge is 0.125 e. The highest BCUT2D eigenvalue weighted by Gasteiger charge is 2.07. The summed E-state index contributed by atoms with van der Waals surface area (Å²) >= 11 is 3.47. The van der Waals surface area contributed by atoms with Crippen LogP contribution in [-0.4, -0.2) is 13.2 Å². The zero-order valence-electron chi connectivity index (χ0n) is 8.64. The first-order valence-electron chi connectivity index (χ1n) is 4.81. The maximum atomic E-state index is 5.60. The Morgan fingerprint density at radius 2 is 2.14 bits per heavy atom. The summed E-state index contributed by atoms with van der Waals surface area (Å²) in [6, 6.07) is 4.13. The van der Waals surface area contributed by atoms with Crippen LogP contribution in [0.3, 0.4) is 0 Å². The Kier molecular flexibility index (Phi) is 4.42. The normalized spacial score (nSPS) is 10.3. The van der Waals surface area contributed by atoms with Crippen molar-refractivity contribution in [3.05, 3.63) is 27.7 Å². The van der Waals surface area contributed by atoms with Gasteiger partial charge in [0.05, 0.1) is 6.61 Å². The Balaban J connectivity index is 3.07. The number of hydrogen-bond acceptors (Lipinski definition) is 2. The minimum absolute atomic E-state index is 0.649. The predicted molar refractivity (Wildman–Crippen MR) is 62.8 cm³/mol. The lowest BCUT2D eigenvalue weighted by molar-refractivity contribution is 0.334. The molecule has 0 saturated heterocycles. The summed E-state index contributed by atoms with van der Waals surface area (Å²) in [6.07, 6.45) is 0.857. The molecule has 0 aliphatic carbocycles. The van der Waals surface area contributed by atoms with Crippen LogP contribution in [0.4, 0.5) is 0 Å². The Labute approximate surface area is 93.6 Å². The van der Waals surface area contributed by atoms with E-state index in [0.29, 0.717) is 13.2 Å². The number of halogens is 1. The van der Waals surface area contributed by atoms with Crippen LogP contribution in [0.5, 0.6) is 5.75 Å². The highest BCUT2D eigenvalue weighted by molar-refractivity contribution is 9.10. The van der Waals surface area contributed by atoms with E-state index in [1.165, 1.54) is 5.56 Å². The lowest BCUT2D eigenvalue weighted by Gasteiger charge is -2.13. The molecular formula is C11H16BrNO. The Hall–Kier alpha value is -0.540. The van der Waals surface area contributed by atoms with Crippen LogP contribution in [-0.2, 0) is 6.42 Å². The summed E-state index contributed by atoms with van der Waals surface area (Å²) in [5, 5.41) is 0. The van der Waals surface area contributed by atoms with Gasteiger partial charge in [0.2, 0.25) is 0 Å². The predicted octanol–water partition coefficient (Wildman–Crippen LogP) is 2.66. The number of ether oxygens (including phenoxy) is 1. The molecule has 14 heavy (non-hydrogen) atoms. The molecule has 78 valence electrons. The fraction of sp³-hybridized carbons (Fsp3) is 0.455. The highest BCUT2D eigenvalue weighted by atomic mass is 79.9. The quantitative estimate of drug-likeness (QED) is 0.901. The first-order valence-corrected chi connectivity index (χ1v) is 5.60. The van der Waals surface area contributed by atoms with Gasteiger partial charge in [-0.1, -0.05) is 15.9 Å². The Morgan fingerprint density at radius 1 is 1.43 bits per heavy atom. The second kappa shape index (κ2) is 5.37. The summed E-state index contributed by atoms with van der Waals surface area (Å²) in [5.74, 6) is 0.987. The van der Waals surface area contributed by atoms with E-state index in [1.54, 1.807) is 0 Å². The number of aryl methyl sites for hydroxylation is 1. The van der Waals surface area contributed by atoms with E-state index in [2.05, 4.69) is 35.0 Å². The molecule has 0 atom stereocenters. The molecule has 0 aliphatic rings. The molecule has 1 aromatic rings. The molecule has 0 unspecified atom stereocenters. The molecule has 1 aromatic carbocycles. The molecule has 0 bridgehead atoms. The molecule has 0 saturated carbocycles. The first-order chi connectivity index (χ1) is 6.69. The molecule has 0 aromatic heterocycles. The molecular weight excluding hydrogens is 242 g/mol. The van der Waals surface area contributed by atoms with E-state index in [9.17, 15) is 0 Å². The van der Waals surface area contributed by atoms with E-state index >= 15 is 0 Å². The Bertz CT molecular complexity index is 312. The topological polar surface area (TPSA) is 35.2 Å². The van der Waals surface area contributed by atoms with Crippen LogP contribution in [0.25, 0.3) is 0 Å². The van der Waals surface area contributed by atoms with Crippen LogP contribution in [0.2, 0.25) is 0 Å². The Morgan fingerprint density at radius 3 is 2.71 bits per heavy atom. The number of rotatable bonds is 4. The largest absolute Gasteiger partial charge is 0.493 e. The average molecular weight is 258 g/mol. The summed E-state index contributed by atoms with van der Waals surface area (Å²) in [4.78, 5) is 0. The maximum absolute atomic E-state index is 5.60. The van der Waals surface area contributed by atoms with E-state index in [-0.39, 0.29) is 0 Å². The summed E-state index contributed by atoms with van der Waals surface area (Å²) < 4.78 is 6.68. The van der Waals surface area contributed by atoms with E-state index < -0.39 is 0 Å². The van der Waals surface area contributed by atoms with Gasteiger partial charge in [-0.3, -0.25) is 0 Å². The molecule has 0 amide bonds. The zero-order valence-corrected chi connectivity index (χ0v) is 10.2. The third-order valence-corrected chi connectivity index (χ3v) is 2.48. The van der Waals surface area contributed by atoms with Gasteiger partial charge in [-0.2, -0.15) is 0 Å². The second-order valence-corrected chi connectivity index (χ2v) is 4.10. The lowest BCUT2D eigenvalue weighted by atomic mass is 10.1. The van der Waals surface area contributed by atoms with Crippen molar-refractivity contribution in [3.63, 3.8) is 0 Å². The molecule has 2 nitrogen and oxygen atoms in total. The molecule has 0 fully saturated rings. The van der Waals surface area contributed by atoms with Crippen molar-refractivity contribution in [1.82, 2.24) is 0 Å². The van der Waals surface area contributed by atoms with Crippen LogP contribution >= 0.6 is 15.9 Å². The fourth-order valence-electron chi connectivity index (χ4n) is 1.49. The van der Waals surface area contributed by atoms with Gasteiger partial charge in [0.1, 0.15) is 5.75 Å². The van der Waals surface area contributed by atoms with Crippen molar-refractivity contribution in [2.24, 2.45) is 5.73 Å². The third kappa shape index (κ3) is 2.72. The zero-order chi connectivity index (χ0) is 10.6. The number of benzene rings is 1. The van der Waals surface area contributed by atoms with Gasteiger partial charge < -0.3 is 10.5 Å². The van der Waals surface area contributed by atoms with Gasteiger partial charge in [-0.15, -0.1) is 0 Å². The van der Waals surface area contributed by atoms with Gasteiger partial charge in [0.25, 0.3) is 0 Å². The van der Waals surface area contributed by atoms with E-state index in [0.717, 1.165) is 22.2 Å². The van der Waals surface area contributed by atoms with E-state index in [4.69, 9.17) is 10.5 Å². The van der Waals surface area contributed by atoms with Crippen LogP contribution in [0, 0.1) is 6.92 Å². The van der Waals surface area contributed by atoms with E-state index in [1.807, 2.05) is 6.92 Å². The van der Waals surface area contributed by atoms with Crippen molar-refractivity contribution < 1.29 is 4.74 Å². The van der Waals surface area contributed by atoms with Gasteiger partial charge in [0.15, 0.2) is 0 Å². The van der Waals surface area contributed by atoms with Crippen molar-refractivity contribution in [1.29, 1.82) is 0 Å². The number of hydrogen-bond donors (Lipinski definition) is 1. The lowest BCUT2D eigenvalue weighted by Crippen LogP contribution is -2.06. The molecule has 0 spiro atoms. The van der Waals surface area contributed by atoms with Crippen LogP contribution in [0.1, 0.15) is 18.1 Å². The third-order valence-electron chi connectivity index (χ3n) is 2.02. The second-order valence-electron chi connectivity index (χ2n) is 3.18. The summed E-state index contributed by atoms with van der Waals surface area (Å²) in [7, 11) is 0. The standard InChI is InChI=1S/C11H16BrNO/c1-3-14-11-8(2)6-10(12)7-9(11)4-5-13/h6-7H,3-5,13H2,1-2H3. The van der Waals surface area contributed by atoms with Gasteiger partial charge >= 0.3 is 0 Å². The van der Waals surface area contributed by atoms with Gasteiger partial charge in [-0.25, -0.2) is 0 Å². The van der Waals surface area contributed by atoms with Crippen molar-refractivity contribution in [3.8, 4) is 5.75 Å². The molecule has 3 heteroatoms. The molecule has 2 N–H and O–H groups in total. The van der Waals surface area contributed by atoms with Crippen molar-refractivity contribution >= 4 is 15.9 Å². The minimum atomic E-state index is 0.649. The summed E-state index contributed by atoms with van der Waals surface area (Å²) in [5.41, 5.74) is 7.89. The minimum Gasteiger partial charge on any atom is -0.493 e. The SMILES string of the molecule is CCOc1c(C)cc(Br)cc1CCN. The maximum Gasteiger partial charge on any atom is 0.125 e. The van der Waals surface area contributed by atoms with Crippen LogP contribution < -0.4 is 10.5 Å².